The highest BCUT2D eigenvalue weighted by atomic mass is 35.5. The van der Waals surface area contributed by atoms with Crippen LogP contribution in [0.1, 0.15) is 20.1 Å². The summed E-state index contributed by atoms with van der Waals surface area (Å²) in [6, 6.07) is 4.44. The first-order valence-electron chi connectivity index (χ1n) is 8.53. The standard InChI is InChI=1S/C19H19ClF2N4OS/c1-10-14(18-15(20)9-24-26(18)2)7-17(28-10)19(27)25-13(8-23)6-11-5-12(21)3-4-16(11)22/h3-5,7,9,13H,6,8,23H2,1-2H3,(H,25,27)/t13-/m0/s1. The summed E-state index contributed by atoms with van der Waals surface area (Å²) in [7, 11) is 1.77. The lowest BCUT2D eigenvalue weighted by Gasteiger charge is -2.17. The van der Waals surface area contributed by atoms with Crippen LogP contribution in [0.2, 0.25) is 5.02 Å². The van der Waals surface area contributed by atoms with Crippen LogP contribution in [0.15, 0.2) is 30.5 Å². The molecule has 0 aliphatic rings. The Morgan fingerprint density at radius 1 is 1.39 bits per heavy atom. The van der Waals surface area contributed by atoms with Crippen LogP contribution in [-0.4, -0.2) is 28.3 Å². The molecule has 0 fully saturated rings. The predicted molar refractivity (Wildman–Crippen MR) is 107 cm³/mol. The predicted octanol–water partition coefficient (Wildman–Crippen LogP) is 3.69. The van der Waals surface area contributed by atoms with E-state index in [0.29, 0.717) is 9.90 Å². The van der Waals surface area contributed by atoms with Gasteiger partial charge in [0.25, 0.3) is 5.91 Å². The summed E-state index contributed by atoms with van der Waals surface area (Å²) < 4.78 is 28.9. The molecule has 0 saturated heterocycles. The Balaban J connectivity index is 1.78. The van der Waals surface area contributed by atoms with Crippen LogP contribution in [0.3, 0.4) is 0 Å². The van der Waals surface area contributed by atoms with Crippen LogP contribution in [0.25, 0.3) is 11.3 Å². The first-order valence-corrected chi connectivity index (χ1v) is 9.72. The Hall–Kier alpha value is -2.29. The highest BCUT2D eigenvalue weighted by Gasteiger charge is 2.20. The fraction of sp³-hybridized carbons (Fsp3) is 0.263. The number of carbonyl (C=O) groups excluding carboxylic acids is 1. The maximum absolute atomic E-state index is 13.9. The Bertz CT molecular complexity index is 998. The van der Waals surface area contributed by atoms with Crippen molar-refractivity contribution in [1.82, 2.24) is 15.1 Å². The van der Waals surface area contributed by atoms with E-state index in [1.165, 1.54) is 11.3 Å². The average molecular weight is 425 g/mol. The zero-order valence-corrected chi connectivity index (χ0v) is 16.9. The molecule has 2 aromatic heterocycles. The average Bonchev–Trinajstić information content (AvgIpc) is 3.19. The van der Waals surface area contributed by atoms with Crippen LogP contribution < -0.4 is 11.1 Å². The van der Waals surface area contributed by atoms with Gasteiger partial charge in [0.2, 0.25) is 0 Å². The Morgan fingerprint density at radius 3 is 2.79 bits per heavy atom. The smallest absolute Gasteiger partial charge is 0.261 e. The van der Waals surface area contributed by atoms with Crippen molar-refractivity contribution < 1.29 is 13.6 Å². The van der Waals surface area contributed by atoms with Gasteiger partial charge in [-0.25, -0.2) is 8.78 Å². The number of rotatable bonds is 6. The lowest BCUT2D eigenvalue weighted by atomic mass is 10.0. The number of carbonyl (C=O) groups is 1. The van der Waals surface area contributed by atoms with Crippen molar-refractivity contribution in [1.29, 1.82) is 0 Å². The van der Waals surface area contributed by atoms with Crippen molar-refractivity contribution in [2.24, 2.45) is 12.8 Å². The van der Waals surface area contributed by atoms with E-state index < -0.39 is 17.7 Å². The molecule has 0 bridgehead atoms. The van der Waals surface area contributed by atoms with Gasteiger partial charge in [-0.05, 0) is 43.2 Å². The summed E-state index contributed by atoms with van der Waals surface area (Å²) in [6.07, 6.45) is 1.64. The van der Waals surface area contributed by atoms with Gasteiger partial charge in [-0.15, -0.1) is 11.3 Å². The van der Waals surface area contributed by atoms with Gasteiger partial charge in [0.15, 0.2) is 0 Å². The van der Waals surface area contributed by atoms with Gasteiger partial charge >= 0.3 is 0 Å². The minimum absolute atomic E-state index is 0.0897. The molecular formula is C19H19ClF2N4OS. The van der Waals surface area contributed by atoms with Crippen LogP contribution >= 0.6 is 22.9 Å². The quantitative estimate of drug-likeness (QED) is 0.633. The molecule has 3 rings (SSSR count). The van der Waals surface area contributed by atoms with E-state index in [2.05, 4.69) is 10.4 Å². The first kappa shape index (κ1) is 20.4. The molecule has 1 amide bonds. The molecule has 1 atom stereocenters. The monoisotopic (exact) mass is 424 g/mol. The van der Waals surface area contributed by atoms with E-state index in [1.807, 2.05) is 6.92 Å². The normalized spacial score (nSPS) is 12.2. The number of aryl methyl sites for hydroxylation is 2. The second kappa shape index (κ2) is 8.38. The van der Waals surface area contributed by atoms with Crippen molar-refractivity contribution >= 4 is 28.8 Å². The highest BCUT2D eigenvalue weighted by Crippen LogP contribution is 2.34. The van der Waals surface area contributed by atoms with Gasteiger partial charge in [0.05, 0.1) is 21.8 Å². The summed E-state index contributed by atoms with van der Waals surface area (Å²) in [5.41, 5.74) is 7.45. The molecule has 28 heavy (non-hydrogen) atoms. The zero-order valence-electron chi connectivity index (χ0n) is 15.3. The van der Waals surface area contributed by atoms with Crippen molar-refractivity contribution in [3.63, 3.8) is 0 Å². The summed E-state index contributed by atoms with van der Waals surface area (Å²) >= 11 is 7.52. The third kappa shape index (κ3) is 4.24. The van der Waals surface area contributed by atoms with Crippen LogP contribution in [0, 0.1) is 18.6 Å². The molecule has 9 heteroatoms. The third-order valence-corrected chi connectivity index (χ3v) is 5.71. The van der Waals surface area contributed by atoms with Gasteiger partial charge in [-0.2, -0.15) is 5.10 Å². The fourth-order valence-electron chi connectivity index (χ4n) is 2.96. The van der Waals surface area contributed by atoms with Crippen molar-refractivity contribution in [3.8, 4) is 11.3 Å². The maximum atomic E-state index is 13.9. The Labute approximate surface area is 170 Å². The van der Waals surface area contributed by atoms with Gasteiger partial charge in [-0.1, -0.05) is 11.6 Å². The van der Waals surface area contributed by atoms with E-state index >= 15 is 0 Å². The van der Waals surface area contributed by atoms with Gasteiger partial charge in [0, 0.05) is 30.1 Å². The molecule has 3 aromatic rings. The maximum Gasteiger partial charge on any atom is 0.261 e. The first-order chi connectivity index (χ1) is 13.3. The molecule has 0 unspecified atom stereocenters. The topological polar surface area (TPSA) is 72.9 Å². The molecular weight excluding hydrogens is 406 g/mol. The largest absolute Gasteiger partial charge is 0.347 e. The molecule has 2 heterocycles. The molecule has 3 N–H and O–H groups in total. The zero-order chi connectivity index (χ0) is 20.4. The minimum Gasteiger partial charge on any atom is -0.347 e. The molecule has 0 spiro atoms. The number of amides is 1. The van der Waals surface area contributed by atoms with E-state index in [4.69, 9.17) is 17.3 Å². The molecule has 0 aliphatic carbocycles. The molecule has 0 saturated carbocycles. The summed E-state index contributed by atoms with van der Waals surface area (Å²) in [4.78, 5) is 14.1. The van der Waals surface area contributed by atoms with Crippen LogP contribution in [0.4, 0.5) is 8.78 Å². The number of hydrogen-bond acceptors (Lipinski definition) is 4. The Morgan fingerprint density at radius 2 is 2.14 bits per heavy atom. The van der Waals surface area contributed by atoms with Crippen molar-refractivity contribution in [2.75, 3.05) is 6.54 Å². The minimum atomic E-state index is -0.537. The summed E-state index contributed by atoms with van der Waals surface area (Å²) in [6.45, 7) is 1.98. The van der Waals surface area contributed by atoms with E-state index in [-0.39, 0.29) is 24.4 Å². The van der Waals surface area contributed by atoms with E-state index in [1.54, 1.807) is 24.0 Å². The number of nitrogens with zero attached hydrogens (tertiary/aromatic N) is 2. The summed E-state index contributed by atoms with van der Waals surface area (Å²) in [5, 5.41) is 7.41. The Kier molecular flexibility index (Phi) is 6.12. The molecule has 0 radical (unpaired) electrons. The van der Waals surface area contributed by atoms with E-state index in [9.17, 15) is 13.6 Å². The van der Waals surface area contributed by atoms with Gasteiger partial charge < -0.3 is 11.1 Å². The lowest BCUT2D eigenvalue weighted by Crippen LogP contribution is -2.41. The van der Waals surface area contributed by atoms with Gasteiger partial charge in [0.1, 0.15) is 11.6 Å². The third-order valence-electron chi connectivity index (χ3n) is 4.38. The highest BCUT2D eigenvalue weighted by molar-refractivity contribution is 7.14. The molecule has 1 aromatic carbocycles. The number of hydrogen-bond donors (Lipinski definition) is 2. The number of nitrogens with two attached hydrogens (primary N) is 1. The lowest BCUT2D eigenvalue weighted by molar-refractivity contribution is 0.0942. The second-order valence-corrected chi connectivity index (χ2v) is 8.05. The number of nitrogens with one attached hydrogen (secondary N) is 1. The van der Waals surface area contributed by atoms with E-state index in [0.717, 1.165) is 34.3 Å². The van der Waals surface area contributed by atoms with Gasteiger partial charge in [-0.3, -0.25) is 9.48 Å². The fourth-order valence-corrected chi connectivity index (χ4v) is 4.15. The number of aromatic nitrogens is 2. The van der Waals surface area contributed by atoms with Crippen molar-refractivity contribution in [2.45, 2.75) is 19.4 Å². The molecule has 5 nitrogen and oxygen atoms in total. The van der Waals surface area contributed by atoms with Crippen LogP contribution in [0.5, 0.6) is 0 Å². The number of halogens is 3. The molecule has 148 valence electrons. The second-order valence-electron chi connectivity index (χ2n) is 6.39. The number of thiophene rings is 1. The molecule has 0 aliphatic heterocycles. The van der Waals surface area contributed by atoms with Crippen molar-refractivity contribution in [3.05, 3.63) is 62.4 Å². The number of benzene rings is 1. The SMILES string of the molecule is Cc1sc(C(=O)N[C@H](CN)Cc2cc(F)ccc2F)cc1-c1c(Cl)cnn1C. The van der Waals surface area contributed by atoms with Crippen LogP contribution in [-0.2, 0) is 13.5 Å². The summed E-state index contributed by atoms with van der Waals surface area (Å²) in [5.74, 6) is -1.40.